The van der Waals surface area contributed by atoms with E-state index in [0.29, 0.717) is 17.5 Å². The minimum Gasteiger partial charge on any atom is -0.208 e. The number of hydrogen-bond donors (Lipinski definition) is 0. The summed E-state index contributed by atoms with van der Waals surface area (Å²) >= 11 is 0. The van der Waals surface area contributed by atoms with Crippen molar-refractivity contribution in [2.75, 3.05) is 0 Å². The third-order valence-corrected chi connectivity index (χ3v) is 9.32. The zero-order valence-corrected chi connectivity index (χ0v) is 27.2. The van der Waals surface area contributed by atoms with Gasteiger partial charge < -0.3 is 0 Å². The highest BCUT2D eigenvalue weighted by atomic mass is 15.0. The summed E-state index contributed by atoms with van der Waals surface area (Å²) in [5.74, 6) is 1.93. The van der Waals surface area contributed by atoms with Gasteiger partial charge >= 0.3 is 0 Å². The third kappa shape index (κ3) is 5.72. The molecule has 0 aliphatic rings. The summed E-state index contributed by atoms with van der Waals surface area (Å²) in [6.07, 6.45) is 0. The molecule has 0 bridgehead atoms. The van der Waals surface area contributed by atoms with Gasteiger partial charge in [-0.25, -0.2) is 15.0 Å². The van der Waals surface area contributed by atoms with E-state index >= 15 is 0 Å². The fourth-order valence-electron chi connectivity index (χ4n) is 6.69. The lowest BCUT2D eigenvalue weighted by Gasteiger charge is -2.12. The Kier molecular flexibility index (Phi) is 7.49. The van der Waals surface area contributed by atoms with Crippen molar-refractivity contribution in [3.8, 4) is 67.5 Å². The summed E-state index contributed by atoms with van der Waals surface area (Å²) in [5, 5.41) is 4.67. The molecule has 3 nitrogen and oxygen atoms in total. The molecular formula is C47H31N3. The Labute approximate surface area is 291 Å². The summed E-state index contributed by atoms with van der Waals surface area (Å²) in [4.78, 5) is 15.3. The van der Waals surface area contributed by atoms with Crippen LogP contribution in [-0.2, 0) is 0 Å². The Morgan fingerprint density at radius 1 is 0.240 bits per heavy atom. The van der Waals surface area contributed by atoms with Crippen LogP contribution in [-0.4, -0.2) is 15.0 Å². The predicted octanol–water partition coefficient (Wildman–Crippen LogP) is 12.2. The molecule has 0 N–H and O–H groups in total. The molecule has 0 saturated heterocycles. The molecular weight excluding hydrogens is 607 g/mol. The summed E-state index contributed by atoms with van der Waals surface area (Å²) < 4.78 is 0. The predicted molar refractivity (Wildman–Crippen MR) is 207 cm³/mol. The van der Waals surface area contributed by atoms with E-state index in [1.54, 1.807) is 0 Å². The topological polar surface area (TPSA) is 38.7 Å². The smallest absolute Gasteiger partial charge is 0.164 e. The second-order valence-corrected chi connectivity index (χ2v) is 12.5. The highest BCUT2D eigenvalue weighted by molar-refractivity contribution is 5.95. The SMILES string of the molecule is c1ccc(-c2ccc(-c3nc(-c4cccc(-c5ccc6cc(-c7ccccc7)ccc6c5)c4)nc(-c4cccc5ccccc45)n3)cc2)cc1. The van der Waals surface area contributed by atoms with Crippen molar-refractivity contribution in [2.24, 2.45) is 0 Å². The second kappa shape index (κ2) is 12.7. The van der Waals surface area contributed by atoms with E-state index in [-0.39, 0.29) is 0 Å². The van der Waals surface area contributed by atoms with Crippen molar-refractivity contribution >= 4 is 21.5 Å². The van der Waals surface area contributed by atoms with Gasteiger partial charge in [0.2, 0.25) is 0 Å². The van der Waals surface area contributed by atoms with Gasteiger partial charge in [-0.1, -0.05) is 170 Å². The highest BCUT2D eigenvalue weighted by Crippen LogP contribution is 2.33. The summed E-state index contributed by atoms with van der Waals surface area (Å²) in [6, 6.07) is 65.9. The molecule has 50 heavy (non-hydrogen) atoms. The molecule has 3 heteroatoms. The van der Waals surface area contributed by atoms with Crippen LogP contribution in [0.15, 0.2) is 188 Å². The average Bonchev–Trinajstić information content (AvgIpc) is 3.21. The van der Waals surface area contributed by atoms with Crippen molar-refractivity contribution in [3.63, 3.8) is 0 Å². The lowest BCUT2D eigenvalue weighted by molar-refractivity contribution is 1.08. The standard InChI is InChI=1S/C47H31N3/c1-3-11-32(12-4-1)34-21-23-36(24-22-34)45-48-46(50-47(49-45)44-20-10-16-35-15-7-8-19-43(35)44)42-18-9-17-37(31-42)39-27-28-40-29-38(25-26-41(40)30-39)33-13-5-2-6-14-33/h1-31H. The van der Waals surface area contributed by atoms with Gasteiger partial charge in [0, 0.05) is 16.7 Å². The summed E-state index contributed by atoms with van der Waals surface area (Å²) in [5.41, 5.74) is 9.88. The third-order valence-electron chi connectivity index (χ3n) is 9.32. The molecule has 0 radical (unpaired) electrons. The Morgan fingerprint density at radius 3 is 1.40 bits per heavy atom. The molecule has 1 heterocycles. The van der Waals surface area contributed by atoms with Crippen LogP contribution in [0, 0.1) is 0 Å². The number of rotatable bonds is 6. The molecule has 9 rings (SSSR count). The van der Waals surface area contributed by atoms with Crippen LogP contribution in [0.25, 0.3) is 89.1 Å². The molecule has 0 saturated carbocycles. The first-order valence-electron chi connectivity index (χ1n) is 16.9. The number of benzene rings is 8. The molecule has 0 aliphatic carbocycles. The van der Waals surface area contributed by atoms with Crippen molar-refractivity contribution < 1.29 is 0 Å². The Morgan fingerprint density at radius 2 is 0.680 bits per heavy atom. The van der Waals surface area contributed by atoms with Gasteiger partial charge in [0.25, 0.3) is 0 Å². The van der Waals surface area contributed by atoms with Gasteiger partial charge in [-0.05, 0) is 73.1 Å². The van der Waals surface area contributed by atoms with E-state index in [1.165, 1.54) is 27.5 Å². The largest absolute Gasteiger partial charge is 0.208 e. The quantitative estimate of drug-likeness (QED) is 0.182. The maximum absolute atomic E-state index is 5.12. The fourth-order valence-corrected chi connectivity index (χ4v) is 6.69. The molecule has 9 aromatic rings. The molecule has 8 aromatic carbocycles. The first-order chi connectivity index (χ1) is 24.7. The lowest BCUT2D eigenvalue weighted by Crippen LogP contribution is -2.00. The summed E-state index contributed by atoms with van der Waals surface area (Å²) in [7, 11) is 0. The van der Waals surface area contributed by atoms with E-state index in [2.05, 4.69) is 182 Å². The van der Waals surface area contributed by atoms with Crippen LogP contribution in [0.3, 0.4) is 0 Å². The molecule has 0 fully saturated rings. The lowest BCUT2D eigenvalue weighted by atomic mass is 9.97. The minimum absolute atomic E-state index is 0.639. The number of hydrogen-bond acceptors (Lipinski definition) is 3. The molecule has 0 unspecified atom stereocenters. The van der Waals surface area contributed by atoms with Gasteiger partial charge in [-0.15, -0.1) is 0 Å². The number of nitrogens with zero attached hydrogens (tertiary/aromatic N) is 3. The molecule has 1 aromatic heterocycles. The molecule has 234 valence electrons. The summed E-state index contributed by atoms with van der Waals surface area (Å²) in [6.45, 7) is 0. The van der Waals surface area contributed by atoms with Gasteiger partial charge in [0.1, 0.15) is 0 Å². The van der Waals surface area contributed by atoms with E-state index in [4.69, 9.17) is 15.0 Å². The Hall–Kier alpha value is -6.71. The van der Waals surface area contributed by atoms with E-state index in [0.717, 1.165) is 44.2 Å². The molecule has 0 aliphatic heterocycles. The van der Waals surface area contributed by atoms with Gasteiger partial charge in [0.05, 0.1) is 0 Å². The van der Waals surface area contributed by atoms with Crippen molar-refractivity contribution in [1.82, 2.24) is 15.0 Å². The second-order valence-electron chi connectivity index (χ2n) is 12.5. The zero-order valence-electron chi connectivity index (χ0n) is 27.2. The van der Waals surface area contributed by atoms with Crippen LogP contribution >= 0.6 is 0 Å². The maximum atomic E-state index is 5.12. The maximum Gasteiger partial charge on any atom is 0.164 e. The Balaban J connectivity index is 1.13. The Bertz CT molecular complexity index is 2620. The number of aromatic nitrogens is 3. The minimum atomic E-state index is 0.639. The van der Waals surface area contributed by atoms with Gasteiger partial charge in [-0.2, -0.15) is 0 Å². The van der Waals surface area contributed by atoms with Crippen LogP contribution in [0.2, 0.25) is 0 Å². The fraction of sp³-hybridized carbons (Fsp3) is 0. The molecule has 0 atom stereocenters. The van der Waals surface area contributed by atoms with Crippen molar-refractivity contribution in [1.29, 1.82) is 0 Å². The molecule has 0 spiro atoms. The average molecular weight is 638 g/mol. The monoisotopic (exact) mass is 637 g/mol. The van der Waals surface area contributed by atoms with Crippen molar-refractivity contribution in [3.05, 3.63) is 188 Å². The first-order valence-corrected chi connectivity index (χ1v) is 16.9. The van der Waals surface area contributed by atoms with Gasteiger partial charge in [-0.3, -0.25) is 0 Å². The van der Waals surface area contributed by atoms with Gasteiger partial charge in [0.15, 0.2) is 17.5 Å². The normalized spacial score (nSPS) is 11.2. The van der Waals surface area contributed by atoms with Crippen LogP contribution in [0.5, 0.6) is 0 Å². The number of fused-ring (bicyclic) bond motifs is 2. The zero-order chi connectivity index (χ0) is 33.3. The van der Waals surface area contributed by atoms with Crippen LogP contribution in [0.4, 0.5) is 0 Å². The van der Waals surface area contributed by atoms with Crippen LogP contribution < -0.4 is 0 Å². The van der Waals surface area contributed by atoms with E-state index in [1.807, 2.05) is 6.07 Å². The van der Waals surface area contributed by atoms with E-state index < -0.39 is 0 Å². The first kappa shape index (κ1) is 29.4. The highest BCUT2D eigenvalue weighted by Gasteiger charge is 2.15. The van der Waals surface area contributed by atoms with Crippen molar-refractivity contribution in [2.45, 2.75) is 0 Å². The molecule has 0 amide bonds. The van der Waals surface area contributed by atoms with E-state index in [9.17, 15) is 0 Å². The van der Waals surface area contributed by atoms with Crippen LogP contribution in [0.1, 0.15) is 0 Å².